The lowest BCUT2D eigenvalue weighted by Gasteiger charge is -1.86. The van der Waals surface area contributed by atoms with Gasteiger partial charge < -0.3 is 0 Å². The molecule has 0 N–H and O–H groups in total. The molecule has 0 aliphatic carbocycles. The van der Waals surface area contributed by atoms with Crippen LogP contribution in [0.15, 0.2) is 29.4 Å². The number of carbonyl (C=O) groups excluding carboxylic acids is 1. The predicted molar refractivity (Wildman–Crippen MR) is 43.1 cm³/mol. The van der Waals surface area contributed by atoms with Gasteiger partial charge in [-0.3, -0.25) is 9.79 Å². The van der Waals surface area contributed by atoms with Gasteiger partial charge >= 0.3 is 0 Å². The van der Waals surface area contributed by atoms with E-state index in [1.54, 1.807) is 12.3 Å². The Morgan fingerprint density at radius 1 is 1.60 bits per heavy atom. The number of allylic oxidation sites excluding steroid dienone is 2. The highest BCUT2D eigenvalue weighted by Crippen LogP contribution is 1.86. The van der Waals surface area contributed by atoms with Crippen LogP contribution in [-0.2, 0) is 4.79 Å². The summed E-state index contributed by atoms with van der Waals surface area (Å²) in [6.07, 6.45) is 4.83. The van der Waals surface area contributed by atoms with Crippen molar-refractivity contribution in [1.82, 2.24) is 0 Å². The monoisotopic (exact) mass is 137 g/mol. The van der Waals surface area contributed by atoms with E-state index in [9.17, 15) is 4.79 Å². The van der Waals surface area contributed by atoms with Crippen LogP contribution in [0.1, 0.15) is 13.8 Å². The number of hydrogen-bond acceptors (Lipinski definition) is 2. The third kappa shape index (κ3) is 3.78. The fraction of sp³-hybridized carbons (Fsp3) is 0.250. The second-order valence-electron chi connectivity index (χ2n) is 1.84. The number of hydrogen-bond donors (Lipinski definition) is 0. The summed E-state index contributed by atoms with van der Waals surface area (Å²) in [5.41, 5.74) is 0.429. The van der Waals surface area contributed by atoms with Crippen LogP contribution in [0, 0.1) is 0 Å². The summed E-state index contributed by atoms with van der Waals surface area (Å²) in [6.45, 7) is 6.81. The van der Waals surface area contributed by atoms with E-state index in [4.69, 9.17) is 0 Å². The van der Waals surface area contributed by atoms with Gasteiger partial charge in [0, 0.05) is 18.0 Å². The lowest BCUT2D eigenvalue weighted by atomic mass is 10.2. The molecule has 0 rings (SSSR count). The minimum absolute atomic E-state index is 0.0479. The lowest BCUT2D eigenvalue weighted by molar-refractivity contribution is -0.113. The van der Waals surface area contributed by atoms with Crippen molar-refractivity contribution in [3.8, 4) is 0 Å². The fourth-order valence-corrected chi connectivity index (χ4v) is 0.310. The van der Waals surface area contributed by atoms with E-state index in [2.05, 4.69) is 11.6 Å². The molecule has 0 radical (unpaired) electrons. The third-order valence-electron chi connectivity index (χ3n) is 0.918. The van der Waals surface area contributed by atoms with Gasteiger partial charge in [0.2, 0.25) is 0 Å². The van der Waals surface area contributed by atoms with E-state index < -0.39 is 0 Å². The molecule has 0 aliphatic rings. The normalized spacial score (nSPS) is 11.0. The zero-order valence-electron chi connectivity index (χ0n) is 6.29. The van der Waals surface area contributed by atoms with Crippen molar-refractivity contribution in [2.75, 3.05) is 0 Å². The minimum Gasteiger partial charge on any atom is -0.294 e. The second-order valence-corrected chi connectivity index (χ2v) is 1.84. The largest absolute Gasteiger partial charge is 0.294 e. The molecule has 2 heteroatoms. The molecule has 0 amide bonds. The summed E-state index contributed by atoms with van der Waals surface area (Å²) in [5.74, 6) is -0.0479. The molecule has 0 aliphatic heterocycles. The van der Waals surface area contributed by atoms with Gasteiger partial charge in [0.25, 0.3) is 0 Å². The van der Waals surface area contributed by atoms with E-state index in [-0.39, 0.29) is 5.78 Å². The molecule has 0 aromatic rings. The molecule has 0 heterocycles. The van der Waals surface area contributed by atoms with Crippen molar-refractivity contribution in [2.24, 2.45) is 4.99 Å². The maximum atomic E-state index is 10.5. The SMILES string of the molecule is C=C(C=N/C=C\C)C(C)=O. The van der Waals surface area contributed by atoms with Gasteiger partial charge in [-0.2, -0.15) is 0 Å². The summed E-state index contributed by atoms with van der Waals surface area (Å²) in [4.78, 5) is 14.3. The molecule has 0 saturated heterocycles. The van der Waals surface area contributed by atoms with Crippen LogP contribution in [-0.4, -0.2) is 12.0 Å². The van der Waals surface area contributed by atoms with Crippen molar-refractivity contribution in [3.05, 3.63) is 24.4 Å². The van der Waals surface area contributed by atoms with Crippen LogP contribution >= 0.6 is 0 Å². The van der Waals surface area contributed by atoms with Gasteiger partial charge in [-0.05, 0) is 13.8 Å². The van der Waals surface area contributed by atoms with Crippen molar-refractivity contribution >= 4 is 12.0 Å². The average Bonchev–Trinajstić information content (AvgIpc) is 1.88. The molecule has 2 nitrogen and oxygen atoms in total. The highest BCUT2D eigenvalue weighted by Gasteiger charge is 1.92. The minimum atomic E-state index is -0.0479. The molecule has 10 heavy (non-hydrogen) atoms. The Labute approximate surface area is 61.0 Å². The highest BCUT2D eigenvalue weighted by atomic mass is 16.1. The molecule has 0 saturated carbocycles. The van der Waals surface area contributed by atoms with Gasteiger partial charge in [0.05, 0.1) is 0 Å². The molecule has 0 spiro atoms. The molecule has 0 bridgehead atoms. The summed E-state index contributed by atoms with van der Waals surface area (Å²) < 4.78 is 0. The predicted octanol–water partition coefficient (Wildman–Crippen LogP) is 1.74. The number of ketones is 1. The first-order valence-electron chi connectivity index (χ1n) is 3.02. The first-order valence-corrected chi connectivity index (χ1v) is 3.02. The molecular formula is C8H11NO. The van der Waals surface area contributed by atoms with E-state index in [0.717, 1.165) is 0 Å². The number of rotatable bonds is 3. The average molecular weight is 137 g/mol. The molecule has 0 atom stereocenters. The Morgan fingerprint density at radius 3 is 2.60 bits per heavy atom. The first kappa shape index (κ1) is 8.82. The van der Waals surface area contributed by atoms with Crippen molar-refractivity contribution in [3.63, 3.8) is 0 Å². The molecule has 54 valence electrons. The second kappa shape index (κ2) is 4.68. The number of nitrogens with zero attached hydrogens (tertiary/aromatic N) is 1. The Hall–Kier alpha value is -1.18. The van der Waals surface area contributed by atoms with Gasteiger partial charge in [0.1, 0.15) is 0 Å². The van der Waals surface area contributed by atoms with E-state index in [0.29, 0.717) is 5.57 Å². The smallest absolute Gasteiger partial charge is 0.160 e. The number of carbonyl (C=O) groups is 1. The van der Waals surface area contributed by atoms with Crippen LogP contribution in [0.25, 0.3) is 0 Å². The van der Waals surface area contributed by atoms with Gasteiger partial charge in [0.15, 0.2) is 5.78 Å². The topological polar surface area (TPSA) is 29.4 Å². The highest BCUT2D eigenvalue weighted by molar-refractivity contribution is 6.11. The van der Waals surface area contributed by atoms with E-state index >= 15 is 0 Å². The summed E-state index contributed by atoms with van der Waals surface area (Å²) in [7, 11) is 0. The summed E-state index contributed by atoms with van der Waals surface area (Å²) >= 11 is 0. The van der Waals surface area contributed by atoms with Crippen LogP contribution in [0.3, 0.4) is 0 Å². The zero-order chi connectivity index (χ0) is 7.98. The fourth-order valence-electron chi connectivity index (χ4n) is 0.310. The number of aliphatic imine (C=N–C) groups is 1. The molecule has 0 aromatic heterocycles. The van der Waals surface area contributed by atoms with Crippen LogP contribution < -0.4 is 0 Å². The Morgan fingerprint density at radius 2 is 2.20 bits per heavy atom. The van der Waals surface area contributed by atoms with Crippen molar-refractivity contribution < 1.29 is 4.79 Å². The molecule has 0 aromatic carbocycles. The van der Waals surface area contributed by atoms with Crippen LogP contribution in [0.5, 0.6) is 0 Å². The quantitative estimate of drug-likeness (QED) is 0.430. The lowest BCUT2D eigenvalue weighted by Crippen LogP contribution is -1.94. The Bertz CT molecular complexity index is 189. The third-order valence-corrected chi connectivity index (χ3v) is 0.918. The van der Waals surface area contributed by atoms with E-state index in [1.165, 1.54) is 13.1 Å². The maximum absolute atomic E-state index is 10.5. The summed E-state index contributed by atoms with van der Waals surface area (Å²) in [6, 6.07) is 0. The van der Waals surface area contributed by atoms with Crippen LogP contribution in [0.4, 0.5) is 0 Å². The molecular weight excluding hydrogens is 126 g/mol. The van der Waals surface area contributed by atoms with Gasteiger partial charge in [-0.1, -0.05) is 12.7 Å². The van der Waals surface area contributed by atoms with E-state index in [1.807, 2.05) is 6.92 Å². The van der Waals surface area contributed by atoms with Gasteiger partial charge in [-0.25, -0.2) is 0 Å². The Balaban J connectivity index is 3.90. The Kier molecular flexibility index (Phi) is 4.12. The number of Topliss-reactive ketones (excluding diaryl/α,β-unsaturated/α-hetero) is 1. The van der Waals surface area contributed by atoms with Crippen molar-refractivity contribution in [2.45, 2.75) is 13.8 Å². The molecule has 0 fully saturated rings. The van der Waals surface area contributed by atoms with Gasteiger partial charge in [-0.15, -0.1) is 0 Å². The van der Waals surface area contributed by atoms with Crippen LogP contribution in [0.2, 0.25) is 0 Å². The zero-order valence-corrected chi connectivity index (χ0v) is 6.29. The molecule has 0 unspecified atom stereocenters. The standard InChI is InChI=1S/C8H11NO/c1-4-5-9-6-7(2)8(3)10/h4-6H,2H2,1,3H3/b5-4-,9-6?. The van der Waals surface area contributed by atoms with Crippen molar-refractivity contribution in [1.29, 1.82) is 0 Å². The first-order chi connectivity index (χ1) is 4.68. The maximum Gasteiger partial charge on any atom is 0.160 e. The summed E-state index contributed by atoms with van der Waals surface area (Å²) in [5, 5.41) is 0.